The molecule has 1 aromatic heterocycles. The molecule has 0 aliphatic rings. The van der Waals surface area contributed by atoms with Crippen LogP contribution in [0, 0.1) is 10.1 Å². The summed E-state index contributed by atoms with van der Waals surface area (Å²) in [6.45, 7) is 0. The number of alkyl halides is 1. The van der Waals surface area contributed by atoms with Gasteiger partial charge in [-0.2, -0.15) is 0 Å². The summed E-state index contributed by atoms with van der Waals surface area (Å²) in [4.78, 5) is 10.4. The first-order valence-corrected chi connectivity index (χ1v) is 5.93. The number of hydrogen-bond acceptors (Lipinski definition) is 3. The van der Waals surface area contributed by atoms with Crippen LogP contribution >= 0.6 is 27.3 Å². The van der Waals surface area contributed by atoms with Crippen molar-refractivity contribution in [3.05, 3.63) is 39.3 Å². The molecular formula is C9H6BrNO2S. The average Bonchev–Trinajstić information content (AvgIpc) is 2.59. The molecule has 0 aliphatic carbocycles. The van der Waals surface area contributed by atoms with Gasteiger partial charge in [-0.25, -0.2) is 0 Å². The van der Waals surface area contributed by atoms with Crippen molar-refractivity contribution in [3.8, 4) is 0 Å². The SMILES string of the molecule is O=[N+]([O-])c1cccc2c(CBr)csc12. The number of hydrogen-bond donors (Lipinski definition) is 0. The van der Waals surface area contributed by atoms with E-state index < -0.39 is 0 Å². The third-order valence-corrected chi connectivity index (χ3v) is 3.67. The van der Waals surface area contributed by atoms with Crippen LogP contribution in [0.5, 0.6) is 0 Å². The van der Waals surface area contributed by atoms with Gasteiger partial charge in [0.2, 0.25) is 0 Å². The first-order valence-electron chi connectivity index (χ1n) is 3.93. The maximum Gasteiger partial charge on any atom is 0.287 e. The van der Waals surface area contributed by atoms with E-state index in [1.807, 2.05) is 11.4 Å². The van der Waals surface area contributed by atoms with Crippen LogP contribution in [0.4, 0.5) is 5.69 Å². The van der Waals surface area contributed by atoms with E-state index >= 15 is 0 Å². The highest BCUT2D eigenvalue weighted by atomic mass is 79.9. The van der Waals surface area contributed by atoms with E-state index in [-0.39, 0.29) is 10.6 Å². The molecule has 0 saturated carbocycles. The zero-order valence-electron chi connectivity index (χ0n) is 7.07. The lowest BCUT2D eigenvalue weighted by atomic mass is 10.2. The number of fused-ring (bicyclic) bond motifs is 1. The Balaban J connectivity index is 2.76. The van der Waals surface area contributed by atoms with Crippen molar-refractivity contribution < 1.29 is 4.92 Å². The molecule has 14 heavy (non-hydrogen) atoms. The zero-order valence-corrected chi connectivity index (χ0v) is 9.47. The fourth-order valence-corrected chi connectivity index (χ4v) is 3.08. The Hall–Kier alpha value is -0.940. The summed E-state index contributed by atoms with van der Waals surface area (Å²) in [5.41, 5.74) is 1.30. The molecule has 2 aromatic rings. The van der Waals surface area contributed by atoms with Gasteiger partial charge in [-0.05, 0) is 10.9 Å². The fraction of sp³-hybridized carbons (Fsp3) is 0.111. The zero-order chi connectivity index (χ0) is 10.1. The van der Waals surface area contributed by atoms with Gasteiger partial charge in [0.1, 0.15) is 4.70 Å². The van der Waals surface area contributed by atoms with Crippen LogP contribution in [0.15, 0.2) is 23.6 Å². The Morgan fingerprint density at radius 1 is 1.50 bits per heavy atom. The Morgan fingerprint density at radius 3 is 2.93 bits per heavy atom. The smallest absolute Gasteiger partial charge is 0.258 e. The van der Waals surface area contributed by atoms with Crippen molar-refractivity contribution in [2.75, 3.05) is 0 Å². The van der Waals surface area contributed by atoms with Gasteiger partial charge in [-0.1, -0.05) is 28.1 Å². The second-order valence-corrected chi connectivity index (χ2v) is 4.25. The van der Waals surface area contributed by atoms with Crippen LogP contribution in [-0.2, 0) is 5.33 Å². The summed E-state index contributed by atoms with van der Waals surface area (Å²) in [6, 6.07) is 5.17. The number of rotatable bonds is 2. The highest BCUT2D eigenvalue weighted by Gasteiger charge is 2.14. The minimum atomic E-state index is -0.336. The molecule has 0 bridgehead atoms. The summed E-state index contributed by atoms with van der Waals surface area (Å²) >= 11 is 4.78. The van der Waals surface area contributed by atoms with Gasteiger partial charge < -0.3 is 0 Å². The molecule has 1 heterocycles. The quantitative estimate of drug-likeness (QED) is 0.475. The van der Waals surface area contributed by atoms with Crippen LogP contribution in [0.25, 0.3) is 10.1 Å². The summed E-state index contributed by atoms with van der Waals surface area (Å²) in [7, 11) is 0. The van der Waals surface area contributed by atoms with E-state index in [0.29, 0.717) is 0 Å². The lowest BCUT2D eigenvalue weighted by molar-refractivity contribution is -0.382. The number of nitrogens with zero attached hydrogens (tertiary/aromatic N) is 1. The molecule has 5 heteroatoms. The van der Waals surface area contributed by atoms with E-state index in [1.54, 1.807) is 6.07 Å². The summed E-state index contributed by atoms with van der Waals surface area (Å²) in [6.07, 6.45) is 0. The van der Waals surface area contributed by atoms with Crippen molar-refractivity contribution in [2.45, 2.75) is 5.33 Å². The maximum atomic E-state index is 10.7. The number of non-ortho nitro benzene ring substituents is 1. The molecule has 0 spiro atoms. The molecule has 2 rings (SSSR count). The Bertz CT molecular complexity index is 495. The molecule has 0 fully saturated rings. The second kappa shape index (κ2) is 3.67. The molecule has 72 valence electrons. The van der Waals surface area contributed by atoms with Gasteiger partial charge in [0, 0.05) is 16.8 Å². The van der Waals surface area contributed by atoms with E-state index in [0.717, 1.165) is 21.0 Å². The maximum absolute atomic E-state index is 10.7. The number of nitro groups is 1. The van der Waals surface area contributed by atoms with Crippen molar-refractivity contribution in [2.24, 2.45) is 0 Å². The van der Waals surface area contributed by atoms with E-state index in [4.69, 9.17) is 0 Å². The molecule has 0 amide bonds. The average molecular weight is 272 g/mol. The Morgan fingerprint density at radius 2 is 2.29 bits per heavy atom. The first-order chi connectivity index (χ1) is 6.74. The third kappa shape index (κ3) is 1.42. The molecule has 0 atom stereocenters. The standard InChI is InChI=1S/C9H6BrNO2S/c10-4-6-5-14-9-7(6)2-1-3-8(9)11(12)13/h1-3,5H,4H2. The molecule has 0 aliphatic heterocycles. The van der Waals surface area contributed by atoms with Crippen LogP contribution in [0.1, 0.15) is 5.56 Å². The highest BCUT2D eigenvalue weighted by Crippen LogP contribution is 2.34. The van der Waals surface area contributed by atoms with Crippen LogP contribution in [0.3, 0.4) is 0 Å². The number of thiophene rings is 1. The largest absolute Gasteiger partial charge is 0.287 e. The lowest BCUT2D eigenvalue weighted by Crippen LogP contribution is -1.87. The molecular weight excluding hydrogens is 266 g/mol. The second-order valence-electron chi connectivity index (χ2n) is 2.81. The summed E-state index contributed by atoms with van der Waals surface area (Å²) in [5.74, 6) is 0. The highest BCUT2D eigenvalue weighted by molar-refractivity contribution is 9.08. The van der Waals surface area contributed by atoms with Gasteiger partial charge >= 0.3 is 0 Å². The third-order valence-electron chi connectivity index (χ3n) is 2.00. The summed E-state index contributed by atoms with van der Waals surface area (Å²) in [5, 5.41) is 14.4. The predicted molar refractivity (Wildman–Crippen MR) is 61.1 cm³/mol. The molecule has 0 N–H and O–H groups in total. The van der Waals surface area contributed by atoms with Crippen molar-refractivity contribution in [1.29, 1.82) is 0 Å². The van der Waals surface area contributed by atoms with Crippen LogP contribution in [0.2, 0.25) is 0 Å². The summed E-state index contributed by atoms with van der Waals surface area (Å²) < 4.78 is 0.756. The van der Waals surface area contributed by atoms with E-state index in [9.17, 15) is 10.1 Å². The van der Waals surface area contributed by atoms with E-state index in [2.05, 4.69) is 15.9 Å². The van der Waals surface area contributed by atoms with Gasteiger partial charge in [0.05, 0.1) is 4.92 Å². The van der Waals surface area contributed by atoms with Gasteiger partial charge in [0.25, 0.3) is 5.69 Å². The number of halogens is 1. The fourth-order valence-electron chi connectivity index (χ4n) is 1.34. The van der Waals surface area contributed by atoms with E-state index in [1.165, 1.54) is 17.4 Å². The normalized spacial score (nSPS) is 10.6. The molecule has 1 aromatic carbocycles. The van der Waals surface area contributed by atoms with Gasteiger partial charge in [-0.15, -0.1) is 11.3 Å². The van der Waals surface area contributed by atoms with Gasteiger partial charge in [-0.3, -0.25) is 10.1 Å². The van der Waals surface area contributed by atoms with Gasteiger partial charge in [0.15, 0.2) is 0 Å². The molecule has 3 nitrogen and oxygen atoms in total. The van der Waals surface area contributed by atoms with Crippen molar-refractivity contribution in [1.82, 2.24) is 0 Å². The van der Waals surface area contributed by atoms with Crippen molar-refractivity contribution >= 4 is 43.0 Å². The molecule has 0 radical (unpaired) electrons. The topological polar surface area (TPSA) is 43.1 Å². The minimum Gasteiger partial charge on any atom is -0.258 e. The first kappa shape index (κ1) is 9.61. The minimum absolute atomic E-state index is 0.194. The predicted octanol–water partition coefficient (Wildman–Crippen LogP) is 3.70. The van der Waals surface area contributed by atoms with Crippen LogP contribution in [-0.4, -0.2) is 4.92 Å². The van der Waals surface area contributed by atoms with Crippen LogP contribution < -0.4 is 0 Å². The molecule has 0 saturated heterocycles. The van der Waals surface area contributed by atoms with Crippen molar-refractivity contribution in [3.63, 3.8) is 0 Å². The number of nitro benzene ring substituents is 1. The Labute approximate surface area is 92.6 Å². The Kier molecular flexibility index (Phi) is 2.52. The molecule has 0 unspecified atom stereocenters. The monoisotopic (exact) mass is 271 g/mol. The number of benzene rings is 1. The lowest BCUT2D eigenvalue weighted by Gasteiger charge is -1.94.